The Morgan fingerprint density at radius 1 is 1.21 bits per heavy atom. The summed E-state index contributed by atoms with van der Waals surface area (Å²) in [7, 11) is 0. The molecule has 1 saturated heterocycles. The van der Waals surface area contributed by atoms with Crippen LogP contribution in [0.5, 0.6) is 0 Å². The van der Waals surface area contributed by atoms with E-state index in [4.69, 9.17) is 31.3 Å². The average Bonchev–Trinajstić information content (AvgIpc) is 3.25. The van der Waals surface area contributed by atoms with Crippen LogP contribution in [-0.4, -0.2) is 79.4 Å². The maximum Gasteiger partial charge on any atom is 0.308 e. The summed E-state index contributed by atoms with van der Waals surface area (Å²) >= 11 is 0. The Labute approximate surface area is 255 Å². The fourth-order valence-corrected chi connectivity index (χ4v) is 5.07. The van der Waals surface area contributed by atoms with Crippen LogP contribution in [0.1, 0.15) is 77.8 Å². The average molecular weight is 602 g/mol. The zero-order chi connectivity index (χ0) is 31.9. The van der Waals surface area contributed by atoms with Crippen molar-refractivity contribution in [1.82, 2.24) is 19.6 Å². The number of aryl methyl sites for hydroxylation is 1. The Hall–Kier alpha value is -3.19. The fourth-order valence-electron chi connectivity index (χ4n) is 5.07. The summed E-state index contributed by atoms with van der Waals surface area (Å²) in [6, 6.07) is 1.88. The molecule has 12 heteroatoms. The number of piperidine rings is 1. The SMILES string of the molecule is CC(C)(C)O.Cc1nc2cc3nn2c(c1CC(=O)O)N1CCC(C)(CC1)OC/C=C/COC(CC(C)C)/C(N)=C/N(N)C3. The Bertz CT molecular complexity index is 1280. The summed E-state index contributed by atoms with van der Waals surface area (Å²) < 4.78 is 14.1. The van der Waals surface area contributed by atoms with E-state index in [2.05, 4.69) is 30.7 Å². The first kappa shape index (κ1) is 34.3. The molecule has 0 aromatic carbocycles. The molecule has 0 spiro atoms. The van der Waals surface area contributed by atoms with Crippen molar-refractivity contribution in [1.29, 1.82) is 0 Å². The zero-order valence-corrected chi connectivity index (χ0v) is 26.8. The second-order valence-electron chi connectivity index (χ2n) is 13.1. The molecule has 3 aliphatic heterocycles. The summed E-state index contributed by atoms with van der Waals surface area (Å²) in [4.78, 5) is 18.7. The zero-order valence-electron chi connectivity index (χ0n) is 26.8. The molecule has 12 nitrogen and oxygen atoms in total. The standard InChI is InChI=1S/C27H41N7O4.C4H10O/c1-18(2)13-23-22(28)17-33(29)16-20-14-24-30-19(3)21(15-25(35)36)26(34(24)31-20)32-9-7-27(4,8-10-32)38-12-6-5-11-37-23;1-4(2,3)5/h5-6,14,17-18,23H,7-13,15-16,28-29H2,1-4H3,(H,35,36);5H,1-3H3/b6-5+,22-17-;. The lowest BCUT2D eigenvalue weighted by Gasteiger charge is -2.40. The maximum atomic E-state index is 11.8. The van der Waals surface area contributed by atoms with Crippen LogP contribution in [0, 0.1) is 12.8 Å². The van der Waals surface area contributed by atoms with Gasteiger partial charge in [0, 0.05) is 36.6 Å². The maximum absolute atomic E-state index is 11.8. The summed E-state index contributed by atoms with van der Waals surface area (Å²) in [6.07, 6.45) is 7.61. The molecule has 0 saturated carbocycles. The molecular weight excluding hydrogens is 550 g/mol. The fraction of sp³-hybridized carbons (Fsp3) is 0.645. The number of carboxylic acid groups (broad SMARTS) is 1. The molecule has 5 heterocycles. The third kappa shape index (κ3) is 10.5. The lowest BCUT2D eigenvalue weighted by Crippen LogP contribution is -2.45. The molecular formula is C31H51N7O5. The third-order valence-electron chi connectivity index (χ3n) is 7.18. The number of ether oxygens (including phenoxy) is 2. The lowest BCUT2D eigenvalue weighted by atomic mass is 9.93. The van der Waals surface area contributed by atoms with Gasteiger partial charge in [0.25, 0.3) is 0 Å². The van der Waals surface area contributed by atoms with Crippen LogP contribution in [0.25, 0.3) is 5.65 Å². The van der Waals surface area contributed by atoms with Gasteiger partial charge < -0.3 is 35.3 Å². The molecule has 2 aromatic heterocycles. The van der Waals surface area contributed by atoms with Crippen molar-refractivity contribution in [2.45, 2.75) is 98.0 Å². The molecule has 5 rings (SSSR count). The highest BCUT2D eigenvalue weighted by molar-refractivity contribution is 5.74. The van der Waals surface area contributed by atoms with Gasteiger partial charge in [-0.3, -0.25) is 4.79 Å². The van der Waals surface area contributed by atoms with Crippen LogP contribution in [0.3, 0.4) is 0 Å². The minimum atomic E-state index is -0.905. The molecule has 2 aromatic rings. The quantitative estimate of drug-likeness (QED) is 0.300. The molecule has 0 radical (unpaired) electrons. The number of hydrazine groups is 1. The predicted octanol–water partition coefficient (Wildman–Crippen LogP) is 3.29. The van der Waals surface area contributed by atoms with E-state index in [-0.39, 0.29) is 18.1 Å². The van der Waals surface area contributed by atoms with Gasteiger partial charge in [-0.25, -0.2) is 10.8 Å². The normalized spacial score (nSPS) is 24.1. The van der Waals surface area contributed by atoms with E-state index in [1.165, 1.54) is 5.01 Å². The topological polar surface area (TPSA) is 165 Å². The molecule has 1 fully saturated rings. The lowest BCUT2D eigenvalue weighted by molar-refractivity contribution is -0.136. The van der Waals surface area contributed by atoms with Crippen molar-refractivity contribution in [3.63, 3.8) is 0 Å². The number of carboxylic acids is 1. The molecule has 1 atom stereocenters. The summed E-state index contributed by atoms with van der Waals surface area (Å²) in [5.74, 6) is 6.59. The van der Waals surface area contributed by atoms with Crippen molar-refractivity contribution in [2.75, 3.05) is 31.2 Å². The number of anilines is 1. The third-order valence-corrected chi connectivity index (χ3v) is 7.18. The Morgan fingerprint density at radius 2 is 1.84 bits per heavy atom. The van der Waals surface area contributed by atoms with Crippen LogP contribution in [-0.2, 0) is 27.2 Å². The number of aliphatic carboxylic acids is 1. The van der Waals surface area contributed by atoms with Crippen molar-refractivity contribution in [3.05, 3.63) is 47.1 Å². The Morgan fingerprint density at radius 3 is 2.44 bits per heavy atom. The van der Waals surface area contributed by atoms with Crippen LogP contribution in [0.2, 0.25) is 0 Å². The minimum Gasteiger partial charge on any atom is -0.481 e. The number of aliphatic hydroxyl groups is 1. The molecule has 3 aliphatic rings. The number of rotatable bonds is 4. The smallest absolute Gasteiger partial charge is 0.308 e. The monoisotopic (exact) mass is 601 g/mol. The highest BCUT2D eigenvalue weighted by atomic mass is 16.5. The van der Waals surface area contributed by atoms with E-state index in [9.17, 15) is 9.90 Å². The van der Waals surface area contributed by atoms with E-state index in [1.807, 2.05) is 25.1 Å². The summed E-state index contributed by atoms with van der Waals surface area (Å²) in [5, 5.41) is 24.5. The van der Waals surface area contributed by atoms with E-state index < -0.39 is 11.6 Å². The van der Waals surface area contributed by atoms with E-state index >= 15 is 0 Å². The number of nitrogens with two attached hydrogens (primary N) is 2. The summed E-state index contributed by atoms with van der Waals surface area (Å²) in [6.45, 7) is 16.1. The van der Waals surface area contributed by atoms with Crippen molar-refractivity contribution >= 4 is 17.4 Å². The number of hydrogen-bond donors (Lipinski definition) is 4. The molecule has 240 valence electrons. The van der Waals surface area contributed by atoms with Gasteiger partial charge in [0.15, 0.2) is 5.65 Å². The van der Waals surface area contributed by atoms with Gasteiger partial charge in [0.05, 0.1) is 54.9 Å². The van der Waals surface area contributed by atoms with Gasteiger partial charge in [-0.15, -0.1) is 0 Å². The van der Waals surface area contributed by atoms with Gasteiger partial charge >= 0.3 is 5.97 Å². The Balaban J connectivity index is 0.000000934. The summed E-state index contributed by atoms with van der Waals surface area (Å²) in [5.41, 5.74) is 8.89. The van der Waals surface area contributed by atoms with E-state index in [0.29, 0.717) is 67.1 Å². The van der Waals surface area contributed by atoms with Crippen LogP contribution in [0.15, 0.2) is 30.1 Å². The second kappa shape index (κ2) is 14.5. The van der Waals surface area contributed by atoms with Gasteiger partial charge in [-0.05, 0) is 59.8 Å². The minimum absolute atomic E-state index is 0.131. The Kier molecular flexibility index (Phi) is 11.6. The molecule has 6 N–H and O–H groups in total. The molecule has 1 unspecified atom stereocenters. The van der Waals surface area contributed by atoms with E-state index in [0.717, 1.165) is 25.1 Å². The number of hydrogen-bond acceptors (Lipinski definition) is 10. The van der Waals surface area contributed by atoms with Gasteiger partial charge in [-0.1, -0.05) is 26.0 Å². The predicted molar refractivity (Wildman–Crippen MR) is 167 cm³/mol. The molecule has 0 aliphatic carbocycles. The van der Waals surface area contributed by atoms with Crippen molar-refractivity contribution < 1.29 is 24.5 Å². The first-order valence-corrected chi connectivity index (χ1v) is 15.0. The number of nitrogens with zero attached hydrogens (tertiary/aromatic N) is 5. The van der Waals surface area contributed by atoms with E-state index in [1.54, 1.807) is 31.5 Å². The number of carbonyl (C=O) groups is 1. The van der Waals surface area contributed by atoms with Crippen molar-refractivity contribution in [2.24, 2.45) is 17.5 Å². The first-order chi connectivity index (χ1) is 20.0. The number of aromatic nitrogens is 3. The van der Waals surface area contributed by atoms with Gasteiger partial charge in [-0.2, -0.15) is 9.61 Å². The molecule has 43 heavy (non-hydrogen) atoms. The van der Waals surface area contributed by atoms with Crippen molar-refractivity contribution in [3.8, 4) is 0 Å². The number of fused-ring (bicyclic) bond motifs is 10. The van der Waals surface area contributed by atoms with Crippen LogP contribution >= 0.6 is 0 Å². The first-order valence-electron chi connectivity index (χ1n) is 15.0. The highest BCUT2D eigenvalue weighted by Crippen LogP contribution is 2.32. The van der Waals surface area contributed by atoms with Crippen LogP contribution < -0.4 is 16.5 Å². The van der Waals surface area contributed by atoms with Gasteiger partial charge in [0.1, 0.15) is 5.82 Å². The van der Waals surface area contributed by atoms with Crippen LogP contribution in [0.4, 0.5) is 5.82 Å². The van der Waals surface area contributed by atoms with Gasteiger partial charge in [0.2, 0.25) is 0 Å². The molecule has 4 bridgehead atoms. The second-order valence-corrected chi connectivity index (χ2v) is 13.1. The largest absolute Gasteiger partial charge is 0.481 e. The molecule has 0 amide bonds. The highest BCUT2D eigenvalue weighted by Gasteiger charge is 2.33.